The van der Waals surface area contributed by atoms with Gasteiger partial charge in [0.25, 0.3) is 0 Å². The first-order valence-electron chi connectivity index (χ1n) is 8.95. The molecule has 0 saturated carbocycles. The van der Waals surface area contributed by atoms with Gasteiger partial charge >= 0.3 is 6.03 Å². The van der Waals surface area contributed by atoms with E-state index < -0.39 is 0 Å². The van der Waals surface area contributed by atoms with E-state index in [1.807, 2.05) is 75.4 Å². The number of urea groups is 1. The van der Waals surface area contributed by atoms with E-state index in [9.17, 15) is 4.79 Å². The lowest BCUT2D eigenvalue weighted by Crippen LogP contribution is -2.31. The molecule has 0 aromatic heterocycles. The molecule has 140 valence electrons. The van der Waals surface area contributed by atoms with Crippen molar-refractivity contribution in [2.24, 2.45) is 0 Å². The van der Waals surface area contributed by atoms with Crippen molar-refractivity contribution in [3.8, 4) is 0 Å². The maximum atomic E-state index is 12.2. The molecule has 2 rings (SSSR count). The molecule has 1 atom stereocenters. The number of anilines is 1. The van der Waals surface area contributed by atoms with Gasteiger partial charge in [0.2, 0.25) is 0 Å². The Morgan fingerprint density at radius 3 is 2.50 bits per heavy atom. The highest BCUT2D eigenvalue weighted by Gasteiger charge is 2.09. The average Bonchev–Trinajstić information content (AvgIpc) is 2.62. The Kier molecular flexibility index (Phi) is 8.12. The molecule has 26 heavy (non-hydrogen) atoms. The van der Waals surface area contributed by atoms with Crippen molar-refractivity contribution in [3.63, 3.8) is 0 Å². The number of ether oxygens (including phenoxy) is 2. The summed E-state index contributed by atoms with van der Waals surface area (Å²) in [4.78, 5) is 12.2. The molecule has 0 heterocycles. The molecule has 0 aliphatic carbocycles. The highest BCUT2D eigenvalue weighted by Crippen LogP contribution is 2.14. The van der Waals surface area contributed by atoms with E-state index in [1.54, 1.807) is 0 Å². The van der Waals surface area contributed by atoms with Gasteiger partial charge in [-0.2, -0.15) is 0 Å². The van der Waals surface area contributed by atoms with Crippen LogP contribution in [0.4, 0.5) is 10.5 Å². The van der Waals surface area contributed by atoms with Gasteiger partial charge in [0.15, 0.2) is 0 Å². The first-order valence-corrected chi connectivity index (χ1v) is 8.95. The van der Waals surface area contributed by atoms with E-state index >= 15 is 0 Å². The van der Waals surface area contributed by atoms with Crippen molar-refractivity contribution >= 4 is 11.7 Å². The van der Waals surface area contributed by atoms with Gasteiger partial charge < -0.3 is 20.1 Å². The van der Waals surface area contributed by atoms with Crippen LogP contribution in [0, 0.1) is 0 Å². The predicted molar refractivity (Wildman–Crippen MR) is 104 cm³/mol. The fraction of sp³-hybridized carbons (Fsp3) is 0.381. The van der Waals surface area contributed by atoms with Gasteiger partial charge in [0.1, 0.15) is 0 Å². The van der Waals surface area contributed by atoms with Crippen LogP contribution in [0.3, 0.4) is 0 Å². The van der Waals surface area contributed by atoms with Crippen LogP contribution in [0.1, 0.15) is 37.9 Å². The minimum atomic E-state index is -0.232. The zero-order chi connectivity index (χ0) is 18.8. The van der Waals surface area contributed by atoms with E-state index in [2.05, 4.69) is 10.6 Å². The number of hydrogen-bond acceptors (Lipinski definition) is 3. The second-order valence-electron chi connectivity index (χ2n) is 6.40. The van der Waals surface area contributed by atoms with Gasteiger partial charge in [-0.25, -0.2) is 4.79 Å². The number of hydrogen-bond donors (Lipinski definition) is 2. The molecule has 0 spiro atoms. The molecule has 2 N–H and O–H groups in total. The van der Waals surface area contributed by atoms with Crippen LogP contribution >= 0.6 is 0 Å². The van der Waals surface area contributed by atoms with E-state index in [0.29, 0.717) is 19.8 Å². The number of benzene rings is 2. The molecule has 0 radical (unpaired) electrons. The molecule has 1 unspecified atom stereocenters. The zero-order valence-corrected chi connectivity index (χ0v) is 15.7. The predicted octanol–water partition coefficient (Wildman–Crippen LogP) is 4.51. The van der Waals surface area contributed by atoms with Crippen LogP contribution in [-0.4, -0.2) is 25.3 Å². The van der Waals surface area contributed by atoms with Crippen LogP contribution in [0.25, 0.3) is 0 Å². The van der Waals surface area contributed by atoms with Crippen molar-refractivity contribution in [1.82, 2.24) is 5.32 Å². The summed E-state index contributed by atoms with van der Waals surface area (Å²) in [6.07, 6.45) is 0.211. The summed E-state index contributed by atoms with van der Waals surface area (Å²) in [7, 11) is 0. The van der Waals surface area contributed by atoms with Crippen molar-refractivity contribution in [2.45, 2.75) is 39.5 Å². The Labute approximate surface area is 155 Å². The molecule has 2 amide bonds. The normalized spacial score (nSPS) is 12.0. The first-order chi connectivity index (χ1) is 12.5. The van der Waals surface area contributed by atoms with Crippen LogP contribution in [-0.2, 0) is 16.1 Å². The summed E-state index contributed by atoms with van der Waals surface area (Å²) in [5, 5.41) is 5.81. The molecular weight excluding hydrogens is 328 g/mol. The smallest absolute Gasteiger partial charge is 0.319 e. The second-order valence-corrected chi connectivity index (χ2v) is 6.40. The standard InChI is InChI=1S/C21H28N2O3/c1-16(2)26-13-12-25-15-18-8-7-11-20(14-18)23-21(24)22-17(3)19-9-5-4-6-10-19/h4-11,14,16-17H,12-13,15H2,1-3H3,(H2,22,23,24). The fourth-order valence-electron chi connectivity index (χ4n) is 2.46. The summed E-state index contributed by atoms with van der Waals surface area (Å²) < 4.78 is 11.0. The van der Waals surface area contributed by atoms with E-state index in [-0.39, 0.29) is 18.2 Å². The third-order valence-corrected chi connectivity index (χ3v) is 3.78. The minimum absolute atomic E-state index is 0.0660. The lowest BCUT2D eigenvalue weighted by atomic mass is 10.1. The Balaban J connectivity index is 1.79. The SMILES string of the molecule is CC(C)OCCOCc1cccc(NC(=O)NC(C)c2ccccc2)c1. The van der Waals surface area contributed by atoms with Crippen molar-refractivity contribution < 1.29 is 14.3 Å². The number of carbonyl (C=O) groups is 1. The highest BCUT2D eigenvalue weighted by atomic mass is 16.5. The topological polar surface area (TPSA) is 59.6 Å². The third kappa shape index (κ3) is 7.25. The molecule has 5 heteroatoms. The summed E-state index contributed by atoms with van der Waals surface area (Å²) in [6, 6.07) is 17.2. The van der Waals surface area contributed by atoms with Gasteiger partial charge in [0, 0.05) is 5.69 Å². The summed E-state index contributed by atoms with van der Waals surface area (Å²) in [6.45, 7) is 7.56. The van der Waals surface area contributed by atoms with E-state index in [4.69, 9.17) is 9.47 Å². The maximum absolute atomic E-state index is 12.2. The number of rotatable bonds is 9. The Morgan fingerprint density at radius 1 is 1.00 bits per heavy atom. The highest BCUT2D eigenvalue weighted by molar-refractivity contribution is 5.89. The Bertz CT molecular complexity index is 674. The lowest BCUT2D eigenvalue weighted by Gasteiger charge is -2.15. The second kappa shape index (κ2) is 10.6. The molecular formula is C21H28N2O3. The third-order valence-electron chi connectivity index (χ3n) is 3.78. The van der Waals surface area contributed by atoms with Crippen LogP contribution in [0.15, 0.2) is 54.6 Å². The molecule has 0 bridgehead atoms. The van der Waals surface area contributed by atoms with Gasteiger partial charge in [-0.3, -0.25) is 0 Å². The maximum Gasteiger partial charge on any atom is 0.319 e. The van der Waals surface area contributed by atoms with Crippen LogP contribution in [0.5, 0.6) is 0 Å². The monoisotopic (exact) mass is 356 g/mol. The Morgan fingerprint density at radius 2 is 1.77 bits per heavy atom. The van der Waals surface area contributed by atoms with Crippen LogP contribution in [0.2, 0.25) is 0 Å². The molecule has 0 saturated heterocycles. The number of nitrogens with one attached hydrogen (secondary N) is 2. The quantitative estimate of drug-likeness (QED) is 0.650. The zero-order valence-electron chi connectivity index (χ0n) is 15.7. The molecule has 5 nitrogen and oxygen atoms in total. The average molecular weight is 356 g/mol. The van der Waals surface area contributed by atoms with Crippen molar-refractivity contribution in [3.05, 3.63) is 65.7 Å². The number of amides is 2. The molecule has 2 aromatic rings. The molecule has 0 aliphatic heterocycles. The summed E-state index contributed by atoms with van der Waals surface area (Å²) in [5.41, 5.74) is 2.80. The van der Waals surface area contributed by atoms with Crippen LogP contribution < -0.4 is 10.6 Å². The largest absolute Gasteiger partial charge is 0.376 e. The van der Waals surface area contributed by atoms with E-state index in [1.165, 1.54) is 0 Å². The fourth-order valence-corrected chi connectivity index (χ4v) is 2.46. The first kappa shape index (κ1) is 19.9. The summed E-state index contributed by atoms with van der Waals surface area (Å²) >= 11 is 0. The minimum Gasteiger partial charge on any atom is -0.376 e. The van der Waals surface area contributed by atoms with Gasteiger partial charge in [0.05, 0.1) is 32.0 Å². The van der Waals surface area contributed by atoms with Gasteiger partial charge in [-0.15, -0.1) is 0 Å². The molecule has 2 aromatic carbocycles. The van der Waals surface area contributed by atoms with Gasteiger partial charge in [-0.1, -0.05) is 42.5 Å². The molecule has 0 aliphatic rings. The molecule has 0 fully saturated rings. The van der Waals surface area contributed by atoms with E-state index in [0.717, 1.165) is 16.8 Å². The van der Waals surface area contributed by atoms with Crippen molar-refractivity contribution in [2.75, 3.05) is 18.5 Å². The number of carbonyl (C=O) groups excluding carboxylic acids is 1. The van der Waals surface area contributed by atoms with Gasteiger partial charge in [-0.05, 0) is 44.0 Å². The lowest BCUT2D eigenvalue weighted by molar-refractivity contribution is 0.0143. The van der Waals surface area contributed by atoms with Crippen molar-refractivity contribution in [1.29, 1.82) is 0 Å². The summed E-state index contributed by atoms with van der Waals surface area (Å²) in [5.74, 6) is 0. The Hall–Kier alpha value is -2.37.